The molecule has 4 rings (SSSR count). The number of aryl methyl sites for hydroxylation is 1. The van der Waals surface area contributed by atoms with Crippen LogP contribution in [0.25, 0.3) is 5.57 Å². The molecule has 0 spiro atoms. The highest BCUT2D eigenvalue weighted by Gasteiger charge is 2.35. The second-order valence-corrected chi connectivity index (χ2v) is 11.1. The Labute approximate surface area is 216 Å². The maximum Gasteiger partial charge on any atom is 0.303 e. The maximum atomic E-state index is 13.1. The van der Waals surface area contributed by atoms with Gasteiger partial charge in [0.05, 0.1) is 9.83 Å². The highest BCUT2D eigenvalue weighted by molar-refractivity contribution is 8.26. The van der Waals surface area contributed by atoms with E-state index in [1.54, 1.807) is 30.0 Å². The molecule has 35 heavy (non-hydrogen) atoms. The summed E-state index contributed by atoms with van der Waals surface area (Å²) in [4.78, 5) is 38.9. The summed E-state index contributed by atoms with van der Waals surface area (Å²) in [7, 11) is 0. The minimum Gasteiger partial charge on any atom is -0.481 e. The predicted octanol–water partition coefficient (Wildman–Crippen LogP) is 6.13. The molecule has 0 saturated carbocycles. The number of amides is 1. The summed E-state index contributed by atoms with van der Waals surface area (Å²) in [6, 6.07) is 13.0. The fraction of sp³-hybridized carbons (Fsp3) is 0.240. The van der Waals surface area contributed by atoms with Crippen LogP contribution in [0, 0.1) is 17.0 Å². The van der Waals surface area contributed by atoms with Gasteiger partial charge in [-0.25, -0.2) is 0 Å². The monoisotopic (exact) mass is 526 g/mol. The van der Waals surface area contributed by atoms with E-state index in [1.165, 1.54) is 22.7 Å². The molecule has 0 radical (unpaired) electrons. The van der Waals surface area contributed by atoms with Crippen molar-refractivity contribution in [3.63, 3.8) is 0 Å². The number of carboxylic acids is 1. The molecule has 180 valence electrons. The van der Waals surface area contributed by atoms with Crippen molar-refractivity contribution in [1.82, 2.24) is 4.90 Å². The molecule has 1 aliphatic carbocycles. The van der Waals surface area contributed by atoms with Crippen molar-refractivity contribution < 1.29 is 19.6 Å². The van der Waals surface area contributed by atoms with Gasteiger partial charge in [0, 0.05) is 40.8 Å². The number of nitro benzene ring substituents is 1. The minimum atomic E-state index is -0.924. The van der Waals surface area contributed by atoms with E-state index in [2.05, 4.69) is 6.92 Å². The van der Waals surface area contributed by atoms with Gasteiger partial charge in [0.2, 0.25) is 0 Å². The van der Waals surface area contributed by atoms with Gasteiger partial charge in [-0.2, -0.15) is 0 Å². The third-order valence-electron chi connectivity index (χ3n) is 5.83. The van der Waals surface area contributed by atoms with Gasteiger partial charge >= 0.3 is 5.97 Å². The van der Waals surface area contributed by atoms with Crippen molar-refractivity contribution in [2.24, 2.45) is 0 Å². The number of allylic oxidation sites excluding steroid dienone is 3. The smallest absolute Gasteiger partial charge is 0.303 e. The molecule has 1 aliphatic heterocycles. The molecule has 1 fully saturated rings. The van der Waals surface area contributed by atoms with Crippen molar-refractivity contribution in [3.8, 4) is 0 Å². The van der Waals surface area contributed by atoms with Gasteiger partial charge in [0.1, 0.15) is 4.32 Å². The number of non-ortho nitro benzene ring substituents is 1. The number of benzene rings is 2. The zero-order valence-electron chi connectivity index (χ0n) is 19.0. The highest BCUT2D eigenvalue weighted by atomic mass is 32.2. The van der Waals surface area contributed by atoms with Crippen LogP contribution < -0.4 is 0 Å². The molecule has 2 aromatic rings. The molecule has 10 heteroatoms. The van der Waals surface area contributed by atoms with Crippen LogP contribution in [0.5, 0.6) is 0 Å². The van der Waals surface area contributed by atoms with Crippen molar-refractivity contribution in [3.05, 3.63) is 85.2 Å². The number of aliphatic carboxylic acids is 1. The quantitative estimate of drug-likeness (QED) is 0.190. The van der Waals surface area contributed by atoms with Crippen LogP contribution in [0.1, 0.15) is 42.4 Å². The van der Waals surface area contributed by atoms with Gasteiger partial charge in [0.25, 0.3) is 11.6 Å². The normalized spacial score (nSPS) is 18.5. The summed E-state index contributed by atoms with van der Waals surface area (Å²) < 4.78 is 0.380. The van der Waals surface area contributed by atoms with E-state index in [0.717, 1.165) is 32.1 Å². The van der Waals surface area contributed by atoms with Gasteiger partial charge in [-0.05, 0) is 48.3 Å². The Hall–Kier alpha value is -2.95. The number of hydrogen-bond acceptors (Lipinski definition) is 7. The Morgan fingerprint density at radius 3 is 2.66 bits per heavy atom. The first-order chi connectivity index (χ1) is 16.7. The number of thiocarbonyl (C=S) groups is 1. The maximum absolute atomic E-state index is 13.1. The number of rotatable bonds is 8. The summed E-state index contributed by atoms with van der Waals surface area (Å²) in [6.07, 6.45) is 2.03. The molecule has 1 N–H and O–H groups in total. The summed E-state index contributed by atoms with van der Waals surface area (Å²) in [5, 5.41) is 20.4. The molecule has 0 aromatic heterocycles. The molecular formula is C25H22N2O5S3. The van der Waals surface area contributed by atoms with Crippen LogP contribution in [-0.4, -0.2) is 37.7 Å². The lowest BCUT2D eigenvalue weighted by molar-refractivity contribution is -0.384. The lowest BCUT2D eigenvalue weighted by atomic mass is 10.0. The van der Waals surface area contributed by atoms with E-state index < -0.39 is 10.9 Å². The average Bonchev–Trinajstić information content (AvgIpc) is 3.22. The van der Waals surface area contributed by atoms with Crippen LogP contribution in [0.4, 0.5) is 5.69 Å². The third kappa shape index (κ3) is 5.34. The largest absolute Gasteiger partial charge is 0.481 e. The Bertz CT molecular complexity index is 1300. The van der Waals surface area contributed by atoms with Crippen LogP contribution in [0.3, 0.4) is 0 Å². The number of carboxylic acid groups (broad SMARTS) is 1. The van der Waals surface area contributed by atoms with Gasteiger partial charge in [0.15, 0.2) is 0 Å². The summed E-state index contributed by atoms with van der Waals surface area (Å²) in [5.41, 5.74) is 3.61. The Morgan fingerprint density at radius 1 is 1.29 bits per heavy atom. The zero-order chi connectivity index (χ0) is 25.3. The molecule has 7 nitrogen and oxygen atoms in total. The number of nitro groups is 1. The Balaban J connectivity index is 1.74. The first-order valence-electron chi connectivity index (χ1n) is 10.9. The molecule has 1 atom stereocenters. The highest BCUT2D eigenvalue weighted by Crippen LogP contribution is 2.51. The van der Waals surface area contributed by atoms with Gasteiger partial charge < -0.3 is 5.11 Å². The van der Waals surface area contributed by atoms with Crippen LogP contribution in [0.2, 0.25) is 0 Å². The van der Waals surface area contributed by atoms with Crippen molar-refractivity contribution in [2.45, 2.75) is 37.5 Å². The zero-order valence-corrected chi connectivity index (χ0v) is 21.5. The lowest BCUT2D eigenvalue weighted by Crippen LogP contribution is -2.29. The van der Waals surface area contributed by atoms with Crippen LogP contribution >= 0.6 is 35.7 Å². The first kappa shape index (κ1) is 25.2. The summed E-state index contributed by atoms with van der Waals surface area (Å²) in [6.45, 7) is 4.31. The molecule has 1 unspecified atom stereocenters. The molecule has 2 aliphatic rings. The number of thioether (sulfide) groups is 2. The number of nitrogens with zero attached hydrogens (tertiary/aromatic N) is 2. The van der Waals surface area contributed by atoms with E-state index in [9.17, 15) is 19.7 Å². The number of hydrogen-bond donors (Lipinski definition) is 1. The molecular weight excluding hydrogens is 504 g/mol. The Morgan fingerprint density at radius 2 is 2.00 bits per heavy atom. The minimum absolute atomic E-state index is 0.00958. The molecule has 1 saturated heterocycles. The van der Waals surface area contributed by atoms with E-state index >= 15 is 0 Å². The van der Waals surface area contributed by atoms with E-state index in [-0.39, 0.29) is 30.5 Å². The summed E-state index contributed by atoms with van der Waals surface area (Å²) >= 11 is 8.14. The van der Waals surface area contributed by atoms with E-state index in [1.807, 2.05) is 31.2 Å². The average molecular weight is 527 g/mol. The molecule has 1 amide bonds. The second-order valence-electron chi connectivity index (χ2n) is 8.27. The number of carbonyl (C=O) groups is 2. The van der Waals surface area contributed by atoms with Gasteiger partial charge in [-0.1, -0.05) is 66.4 Å². The van der Waals surface area contributed by atoms with Crippen LogP contribution in [0.15, 0.2) is 63.2 Å². The van der Waals surface area contributed by atoms with E-state index in [0.29, 0.717) is 15.6 Å². The Kier molecular flexibility index (Phi) is 7.44. The number of fused-ring (bicyclic) bond motifs is 1. The van der Waals surface area contributed by atoms with Crippen LogP contribution in [-0.2, 0) is 9.59 Å². The molecule has 2 aromatic carbocycles. The van der Waals surface area contributed by atoms with E-state index in [4.69, 9.17) is 17.3 Å². The fourth-order valence-corrected chi connectivity index (χ4v) is 6.41. The first-order valence-corrected chi connectivity index (χ1v) is 12.9. The van der Waals surface area contributed by atoms with Gasteiger partial charge in [-0.15, -0.1) is 0 Å². The SMILES string of the molecule is Cc1ccc(SC2=C(/C=C3/SC(=S)N(CCCC(=O)O)C3=O)c3cc([N+](=O)[O-])ccc3C2C)cc1. The van der Waals surface area contributed by atoms with Crippen molar-refractivity contribution in [2.75, 3.05) is 6.54 Å². The lowest BCUT2D eigenvalue weighted by Gasteiger charge is -2.13. The fourth-order valence-electron chi connectivity index (χ4n) is 4.01. The van der Waals surface area contributed by atoms with Gasteiger partial charge in [-0.3, -0.25) is 24.6 Å². The standard InChI is InChI=1S/C25H22N2O5S3/c1-14-5-8-17(9-6-14)34-23-15(2)18-10-7-16(27(31)32)12-19(18)20(23)13-21-24(30)26(25(33)35-21)11-3-4-22(28)29/h5-10,12-13,15H,3-4,11H2,1-2H3,(H,28,29)/b21-13+. The van der Waals surface area contributed by atoms with Crippen molar-refractivity contribution >= 4 is 63.2 Å². The van der Waals surface area contributed by atoms with Crippen molar-refractivity contribution in [1.29, 1.82) is 0 Å². The third-order valence-corrected chi connectivity index (χ3v) is 8.51. The molecule has 1 heterocycles. The predicted molar refractivity (Wildman–Crippen MR) is 142 cm³/mol. The molecule has 0 bridgehead atoms. The summed E-state index contributed by atoms with van der Waals surface area (Å²) in [5.74, 6) is -1.21. The topological polar surface area (TPSA) is 101 Å². The number of carbonyl (C=O) groups excluding carboxylic acids is 1. The second kappa shape index (κ2) is 10.3.